The monoisotopic (exact) mass is 427 g/mol. The van der Waals surface area contributed by atoms with E-state index in [1.54, 1.807) is 49.5 Å². The molecule has 0 fully saturated rings. The Hall–Kier alpha value is -3.72. The number of hydrogen-bond acceptors (Lipinski definition) is 8. The highest BCUT2D eigenvalue weighted by molar-refractivity contribution is 6.30. The third-order valence-electron chi connectivity index (χ3n) is 4.42. The number of methoxy groups -OCH3 is 1. The zero-order valence-electron chi connectivity index (χ0n) is 16.4. The second kappa shape index (κ2) is 8.75. The van der Waals surface area contributed by atoms with Gasteiger partial charge in [0.2, 0.25) is 11.6 Å². The van der Waals surface area contributed by atoms with Gasteiger partial charge in [0, 0.05) is 17.8 Å². The molecule has 0 aliphatic rings. The second-order valence-corrected chi connectivity index (χ2v) is 6.74. The van der Waals surface area contributed by atoms with Crippen molar-refractivity contribution in [2.75, 3.05) is 24.4 Å². The molecule has 0 saturated heterocycles. The Bertz CT molecular complexity index is 1120. The van der Waals surface area contributed by atoms with Gasteiger partial charge in [-0.1, -0.05) is 23.7 Å². The summed E-state index contributed by atoms with van der Waals surface area (Å²) in [7, 11) is 2.84. The minimum atomic E-state index is -0.569. The minimum Gasteiger partial charge on any atom is -0.465 e. The zero-order valence-corrected chi connectivity index (χ0v) is 17.2. The van der Waals surface area contributed by atoms with Crippen molar-refractivity contribution in [3.8, 4) is 0 Å². The first-order valence-corrected chi connectivity index (χ1v) is 9.15. The van der Waals surface area contributed by atoms with Crippen molar-refractivity contribution in [2.45, 2.75) is 6.92 Å². The summed E-state index contributed by atoms with van der Waals surface area (Å²) in [6.45, 7) is 1.82. The third kappa shape index (κ3) is 4.15. The number of para-hydroxylation sites is 1. The van der Waals surface area contributed by atoms with Gasteiger partial charge >= 0.3 is 11.7 Å². The molecule has 9 nitrogen and oxygen atoms in total. The average Bonchev–Trinajstić information content (AvgIpc) is 2.74. The van der Waals surface area contributed by atoms with Crippen molar-refractivity contribution in [1.82, 2.24) is 9.97 Å². The normalized spacial score (nSPS) is 10.4. The molecule has 0 radical (unpaired) electrons. The fourth-order valence-electron chi connectivity index (χ4n) is 2.93. The highest BCUT2D eigenvalue weighted by Crippen LogP contribution is 2.37. The molecule has 0 aliphatic carbocycles. The van der Waals surface area contributed by atoms with Crippen molar-refractivity contribution < 1.29 is 14.5 Å². The van der Waals surface area contributed by atoms with Crippen molar-refractivity contribution >= 4 is 46.3 Å². The Morgan fingerprint density at radius 2 is 1.97 bits per heavy atom. The van der Waals surface area contributed by atoms with Crippen molar-refractivity contribution in [2.24, 2.45) is 0 Å². The molecule has 1 heterocycles. The molecular weight excluding hydrogens is 410 g/mol. The SMILES string of the molecule is COC(=O)c1ccccc1N(C)c1ncnc(Nc2ccc(Cl)cc2C)c1[N+](=O)[O-]. The lowest BCUT2D eigenvalue weighted by molar-refractivity contribution is -0.383. The molecule has 10 heteroatoms. The maximum atomic E-state index is 12.1. The van der Waals surface area contributed by atoms with Crippen molar-refractivity contribution in [3.63, 3.8) is 0 Å². The highest BCUT2D eigenvalue weighted by atomic mass is 35.5. The average molecular weight is 428 g/mol. The summed E-state index contributed by atoms with van der Waals surface area (Å²) in [5.41, 5.74) is 1.72. The van der Waals surface area contributed by atoms with Crippen LogP contribution in [0.1, 0.15) is 15.9 Å². The van der Waals surface area contributed by atoms with Crippen LogP contribution in [0.25, 0.3) is 0 Å². The van der Waals surface area contributed by atoms with E-state index in [1.165, 1.54) is 18.3 Å². The standard InChI is InChI=1S/C20H18ClN5O4/c1-12-10-13(21)8-9-15(12)24-18-17(26(28)29)19(23-11-22-18)25(2)16-7-5-4-6-14(16)20(27)30-3/h4-11H,1-3H3,(H,22,23,24). The largest absolute Gasteiger partial charge is 0.465 e. The van der Waals surface area contributed by atoms with E-state index < -0.39 is 10.9 Å². The van der Waals surface area contributed by atoms with Gasteiger partial charge in [0.15, 0.2) is 0 Å². The molecular formula is C20H18ClN5O4. The van der Waals surface area contributed by atoms with Gasteiger partial charge in [0.05, 0.1) is 23.3 Å². The first kappa shape index (κ1) is 21.0. The number of nitro groups is 1. The van der Waals surface area contributed by atoms with E-state index in [4.69, 9.17) is 16.3 Å². The fourth-order valence-corrected chi connectivity index (χ4v) is 3.16. The maximum absolute atomic E-state index is 12.1. The van der Waals surface area contributed by atoms with Crippen LogP contribution >= 0.6 is 11.6 Å². The smallest absolute Gasteiger partial charge is 0.354 e. The summed E-state index contributed by atoms with van der Waals surface area (Å²) < 4.78 is 4.81. The number of anilines is 4. The number of carbonyl (C=O) groups excluding carboxylic acids is 1. The summed E-state index contributed by atoms with van der Waals surface area (Å²) in [6, 6.07) is 11.7. The Morgan fingerprint density at radius 1 is 1.23 bits per heavy atom. The summed E-state index contributed by atoms with van der Waals surface area (Å²) in [6.07, 6.45) is 1.22. The Morgan fingerprint density at radius 3 is 2.63 bits per heavy atom. The second-order valence-electron chi connectivity index (χ2n) is 6.30. The molecule has 1 aromatic heterocycles. The van der Waals surface area contributed by atoms with E-state index >= 15 is 0 Å². The molecule has 0 unspecified atom stereocenters. The van der Waals surface area contributed by atoms with Gasteiger partial charge in [-0.2, -0.15) is 0 Å². The summed E-state index contributed by atoms with van der Waals surface area (Å²) in [5, 5.41) is 15.5. The van der Waals surface area contributed by atoms with E-state index in [2.05, 4.69) is 15.3 Å². The lowest BCUT2D eigenvalue weighted by atomic mass is 10.1. The zero-order chi connectivity index (χ0) is 21.8. The van der Waals surface area contributed by atoms with Crippen LogP contribution in [0.5, 0.6) is 0 Å². The lowest BCUT2D eigenvalue weighted by Crippen LogP contribution is -2.18. The van der Waals surface area contributed by atoms with Crippen LogP contribution in [0.15, 0.2) is 48.8 Å². The van der Waals surface area contributed by atoms with Gasteiger partial charge in [-0.25, -0.2) is 14.8 Å². The number of aromatic nitrogens is 2. The molecule has 0 spiro atoms. The topological polar surface area (TPSA) is 110 Å². The van der Waals surface area contributed by atoms with E-state index in [9.17, 15) is 14.9 Å². The summed E-state index contributed by atoms with van der Waals surface area (Å²) in [4.78, 5) is 33.1. The van der Waals surface area contributed by atoms with Crippen LogP contribution in [-0.4, -0.2) is 35.0 Å². The minimum absolute atomic E-state index is 0.0119. The molecule has 0 bridgehead atoms. The molecule has 2 aromatic carbocycles. The van der Waals surface area contributed by atoms with Gasteiger partial charge in [0.1, 0.15) is 6.33 Å². The van der Waals surface area contributed by atoms with Crippen LogP contribution in [0, 0.1) is 17.0 Å². The number of benzene rings is 2. The molecule has 30 heavy (non-hydrogen) atoms. The van der Waals surface area contributed by atoms with Crippen molar-refractivity contribution in [3.05, 3.63) is 75.1 Å². The van der Waals surface area contributed by atoms with Gasteiger partial charge < -0.3 is 15.0 Å². The molecule has 0 saturated carbocycles. The number of rotatable bonds is 6. The number of nitrogens with zero attached hydrogens (tertiary/aromatic N) is 4. The van der Waals surface area contributed by atoms with Gasteiger partial charge in [-0.15, -0.1) is 0 Å². The number of ether oxygens (including phenoxy) is 1. The fraction of sp³-hybridized carbons (Fsp3) is 0.150. The predicted octanol–water partition coefficient (Wildman–Crippen LogP) is 4.64. The van der Waals surface area contributed by atoms with E-state index in [0.29, 0.717) is 16.4 Å². The van der Waals surface area contributed by atoms with Gasteiger partial charge in [-0.05, 0) is 42.8 Å². The molecule has 0 atom stereocenters. The number of aryl methyl sites for hydroxylation is 1. The number of hydrogen-bond donors (Lipinski definition) is 1. The van der Waals surface area contributed by atoms with Gasteiger partial charge in [-0.3, -0.25) is 10.1 Å². The first-order chi connectivity index (χ1) is 14.3. The van der Waals surface area contributed by atoms with E-state index in [0.717, 1.165) is 5.56 Å². The quantitative estimate of drug-likeness (QED) is 0.344. The van der Waals surface area contributed by atoms with E-state index in [1.807, 2.05) is 6.92 Å². The molecule has 0 amide bonds. The summed E-state index contributed by atoms with van der Waals surface area (Å²) in [5.74, 6) is -0.539. The van der Waals surface area contributed by atoms with Crippen LogP contribution in [0.2, 0.25) is 5.02 Å². The number of halogens is 1. The Labute approximate surface area is 177 Å². The third-order valence-corrected chi connectivity index (χ3v) is 4.65. The molecule has 154 valence electrons. The van der Waals surface area contributed by atoms with Crippen LogP contribution in [-0.2, 0) is 4.74 Å². The first-order valence-electron chi connectivity index (χ1n) is 8.77. The van der Waals surface area contributed by atoms with Crippen LogP contribution < -0.4 is 10.2 Å². The number of nitrogens with one attached hydrogen (secondary N) is 1. The summed E-state index contributed by atoms with van der Waals surface area (Å²) >= 11 is 5.98. The van der Waals surface area contributed by atoms with E-state index in [-0.39, 0.29) is 22.9 Å². The molecule has 3 rings (SSSR count). The lowest BCUT2D eigenvalue weighted by Gasteiger charge is -2.21. The van der Waals surface area contributed by atoms with Crippen LogP contribution in [0.3, 0.4) is 0 Å². The van der Waals surface area contributed by atoms with Gasteiger partial charge in [0.25, 0.3) is 0 Å². The molecule has 1 N–H and O–H groups in total. The van der Waals surface area contributed by atoms with Crippen molar-refractivity contribution in [1.29, 1.82) is 0 Å². The Balaban J connectivity index is 2.10. The highest BCUT2D eigenvalue weighted by Gasteiger charge is 2.28. The van der Waals surface area contributed by atoms with Crippen LogP contribution in [0.4, 0.5) is 28.7 Å². The molecule has 0 aliphatic heterocycles. The number of carbonyl (C=O) groups is 1. The molecule has 3 aromatic rings. The predicted molar refractivity (Wildman–Crippen MR) is 114 cm³/mol. The Kier molecular flexibility index (Phi) is 6.12. The number of esters is 1. The maximum Gasteiger partial charge on any atom is 0.354 e.